The molecule has 0 aromatic carbocycles. The Morgan fingerprint density at radius 1 is 1.17 bits per heavy atom. The minimum Gasteiger partial charge on any atom is -0.480 e. The number of aryl methyl sites for hydroxylation is 2. The number of nitrogens with one attached hydrogen (secondary N) is 2. The number of aliphatic carboxylic acids is 1. The van der Waals surface area contributed by atoms with Gasteiger partial charge in [0.15, 0.2) is 0 Å². The first-order chi connectivity index (χ1) is 16.8. The third-order valence-corrected chi connectivity index (χ3v) is 8.17. The Kier molecular flexibility index (Phi) is 8.68. The first-order valence-corrected chi connectivity index (χ1v) is 13.8. The van der Waals surface area contributed by atoms with Crippen molar-refractivity contribution < 1.29 is 14.7 Å². The molecule has 7 nitrogen and oxygen atoms in total. The van der Waals surface area contributed by atoms with Gasteiger partial charge in [-0.25, -0.2) is 9.78 Å². The van der Waals surface area contributed by atoms with Crippen molar-refractivity contribution in [2.24, 2.45) is 11.3 Å². The van der Waals surface area contributed by atoms with Gasteiger partial charge in [0.05, 0.1) is 0 Å². The molecule has 0 saturated heterocycles. The van der Waals surface area contributed by atoms with Crippen LogP contribution in [0.5, 0.6) is 0 Å². The number of carbonyl (C=O) groups is 2. The first kappa shape index (κ1) is 25.9. The van der Waals surface area contributed by atoms with Crippen LogP contribution in [0.25, 0.3) is 0 Å². The van der Waals surface area contributed by atoms with Gasteiger partial charge in [-0.15, -0.1) is 0 Å². The Morgan fingerprint density at radius 3 is 2.66 bits per heavy atom. The van der Waals surface area contributed by atoms with Crippen LogP contribution in [0.1, 0.15) is 89.3 Å². The van der Waals surface area contributed by atoms with E-state index in [1.165, 1.54) is 24.8 Å². The zero-order valence-electron chi connectivity index (χ0n) is 21.7. The molecule has 1 unspecified atom stereocenters. The molecule has 2 fully saturated rings. The molecular formula is C28H44N4O3. The molecule has 2 heterocycles. The summed E-state index contributed by atoms with van der Waals surface area (Å²) in [6.45, 7) is 7.20. The van der Waals surface area contributed by atoms with E-state index in [0.717, 1.165) is 82.5 Å². The largest absolute Gasteiger partial charge is 0.480 e. The molecule has 0 bridgehead atoms. The van der Waals surface area contributed by atoms with Crippen molar-refractivity contribution in [3.05, 3.63) is 23.4 Å². The number of carboxylic acids is 1. The van der Waals surface area contributed by atoms with Crippen LogP contribution in [0.2, 0.25) is 0 Å². The fraction of sp³-hybridized carbons (Fsp3) is 0.750. The quantitative estimate of drug-likeness (QED) is 0.381. The SMILES string of the molecule is CC1(C)CCC(C(=O)NC(CCN(CCCCc2ccc3c(n2)NCCC3)C2CC2)C(=O)O)CC1. The zero-order valence-corrected chi connectivity index (χ0v) is 21.7. The van der Waals surface area contributed by atoms with Crippen LogP contribution in [-0.4, -0.2) is 58.6 Å². The Balaban J connectivity index is 1.20. The third kappa shape index (κ3) is 7.66. The van der Waals surface area contributed by atoms with E-state index in [-0.39, 0.29) is 11.8 Å². The minimum atomic E-state index is -0.919. The van der Waals surface area contributed by atoms with E-state index in [1.807, 2.05) is 0 Å². The van der Waals surface area contributed by atoms with Crippen molar-refractivity contribution in [2.75, 3.05) is 25.0 Å². The smallest absolute Gasteiger partial charge is 0.326 e. The molecule has 35 heavy (non-hydrogen) atoms. The van der Waals surface area contributed by atoms with Gasteiger partial charge in [-0.3, -0.25) is 4.79 Å². The molecule has 194 valence electrons. The van der Waals surface area contributed by atoms with Crippen molar-refractivity contribution in [1.82, 2.24) is 15.2 Å². The fourth-order valence-corrected chi connectivity index (χ4v) is 5.55. The Morgan fingerprint density at radius 2 is 1.94 bits per heavy atom. The van der Waals surface area contributed by atoms with Crippen molar-refractivity contribution in [3.8, 4) is 0 Å². The molecule has 7 heteroatoms. The summed E-state index contributed by atoms with van der Waals surface area (Å²) in [4.78, 5) is 31.9. The summed E-state index contributed by atoms with van der Waals surface area (Å²) in [6, 6.07) is 4.16. The number of carboxylic acid groups (broad SMARTS) is 1. The molecule has 4 rings (SSSR count). The second kappa shape index (κ2) is 11.7. The van der Waals surface area contributed by atoms with Crippen molar-refractivity contribution >= 4 is 17.7 Å². The molecule has 2 aliphatic carbocycles. The van der Waals surface area contributed by atoms with E-state index in [2.05, 4.69) is 41.5 Å². The fourth-order valence-electron chi connectivity index (χ4n) is 5.55. The number of anilines is 1. The Labute approximate surface area is 210 Å². The summed E-state index contributed by atoms with van der Waals surface area (Å²) >= 11 is 0. The minimum absolute atomic E-state index is 0.0446. The molecule has 1 aliphatic heterocycles. The normalized spacial score (nSPS) is 20.7. The van der Waals surface area contributed by atoms with E-state index in [0.29, 0.717) is 17.9 Å². The van der Waals surface area contributed by atoms with Crippen LogP contribution in [0.3, 0.4) is 0 Å². The average molecular weight is 485 g/mol. The molecule has 0 radical (unpaired) electrons. The van der Waals surface area contributed by atoms with Crippen LogP contribution >= 0.6 is 0 Å². The van der Waals surface area contributed by atoms with Crippen molar-refractivity contribution in [3.63, 3.8) is 0 Å². The monoisotopic (exact) mass is 484 g/mol. The predicted molar refractivity (Wildman–Crippen MR) is 139 cm³/mol. The summed E-state index contributed by atoms with van der Waals surface area (Å²) in [5, 5.41) is 16.0. The number of unbranched alkanes of at least 4 members (excludes halogenated alkanes) is 1. The zero-order chi connectivity index (χ0) is 24.8. The van der Waals surface area contributed by atoms with Gasteiger partial charge in [0.1, 0.15) is 11.9 Å². The van der Waals surface area contributed by atoms with E-state index in [4.69, 9.17) is 4.98 Å². The number of amides is 1. The maximum absolute atomic E-state index is 12.8. The summed E-state index contributed by atoms with van der Waals surface area (Å²) in [5.41, 5.74) is 2.77. The van der Waals surface area contributed by atoms with Crippen molar-refractivity contribution in [2.45, 2.75) is 103 Å². The van der Waals surface area contributed by atoms with Crippen LogP contribution < -0.4 is 10.6 Å². The van der Waals surface area contributed by atoms with Gasteiger partial charge in [0.2, 0.25) is 5.91 Å². The van der Waals surface area contributed by atoms with E-state index in [1.54, 1.807) is 0 Å². The van der Waals surface area contributed by atoms with E-state index < -0.39 is 12.0 Å². The number of fused-ring (bicyclic) bond motifs is 1. The Bertz CT molecular complexity index is 873. The lowest BCUT2D eigenvalue weighted by Gasteiger charge is -2.34. The van der Waals surface area contributed by atoms with Crippen LogP contribution in [0, 0.1) is 11.3 Å². The number of pyridine rings is 1. The maximum Gasteiger partial charge on any atom is 0.326 e. The van der Waals surface area contributed by atoms with Gasteiger partial charge < -0.3 is 20.6 Å². The lowest BCUT2D eigenvalue weighted by molar-refractivity contribution is -0.143. The molecule has 3 N–H and O–H groups in total. The predicted octanol–water partition coefficient (Wildman–Crippen LogP) is 4.40. The highest BCUT2D eigenvalue weighted by molar-refractivity contribution is 5.85. The van der Waals surface area contributed by atoms with Gasteiger partial charge in [0, 0.05) is 30.7 Å². The summed E-state index contributed by atoms with van der Waals surface area (Å²) < 4.78 is 0. The summed E-state index contributed by atoms with van der Waals surface area (Å²) in [7, 11) is 0. The number of nitrogens with zero attached hydrogens (tertiary/aromatic N) is 2. The van der Waals surface area contributed by atoms with E-state index in [9.17, 15) is 14.7 Å². The summed E-state index contributed by atoms with van der Waals surface area (Å²) in [6.07, 6.45) is 12.0. The van der Waals surface area contributed by atoms with Gasteiger partial charge in [0.25, 0.3) is 0 Å². The summed E-state index contributed by atoms with van der Waals surface area (Å²) in [5.74, 6) is 0.0270. The molecule has 3 aliphatic rings. The van der Waals surface area contributed by atoms with Gasteiger partial charge in [-0.2, -0.15) is 0 Å². The lowest BCUT2D eigenvalue weighted by Crippen LogP contribution is -2.46. The molecule has 0 spiro atoms. The standard InChI is InChI=1S/C28H44N4O3/c1-28(2)15-12-21(13-16-28)26(33)31-24(27(34)35)14-19-32(23-10-11-23)18-4-3-7-22-9-8-20-6-5-17-29-25(20)30-22/h8-9,21,23-24H,3-7,10-19H2,1-2H3,(H,29,30)(H,31,33)(H,34,35). The number of hydrogen-bond donors (Lipinski definition) is 3. The van der Waals surface area contributed by atoms with Gasteiger partial charge in [-0.05, 0) is 101 Å². The second-order valence-electron chi connectivity index (χ2n) is 11.7. The van der Waals surface area contributed by atoms with Crippen LogP contribution in [0.15, 0.2) is 12.1 Å². The molecule has 1 atom stereocenters. The van der Waals surface area contributed by atoms with Gasteiger partial charge >= 0.3 is 5.97 Å². The average Bonchev–Trinajstić information content (AvgIpc) is 3.67. The third-order valence-electron chi connectivity index (χ3n) is 8.17. The van der Waals surface area contributed by atoms with Gasteiger partial charge in [-0.1, -0.05) is 19.9 Å². The number of hydrogen-bond acceptors (Lipinski definition) is 5. The lowest BCUT2D eigenvalue weighted by atomic mass is 9.73. The van der Waals surface area contributed by atoms with Crippen molar-refractivity contribution in [1.29, 1.82) is 0 Å². The molecule has 2 saturated carbocycles. The maximum atomic E-state index is 12.8. The van der Waals surface area contributed by atoms with Crippen LogP contribution in [0.4, 0.5) is 5.82 Å². The first-order valence-electron chi connectivity index (χ1n) is 13.8. The van der Waals surface area contributed by atoms with E-state index >= 15 is 0 Å². The number of aromatic nitrogens is 1. The Hall–Kier alpha value is -2.15. The molecule has 1 aromatic heterocycles. The molecular weight excluding hydrogens is 440 g/mol. The topological polar surface area (TPSA) is 94.6 Å². The highest BCUT2D eigenvalue weighted by Gasteiger charge is 2.33. The molecule has 1 amide bonds. The number of carbonyl (C=O) groups excluding carboxylic acids is 1. The second-order valence-corrected chi connectivity index (χ2v) is 11.7. The highest BCUT2D eigenvalue weighted by atomic mass is 16.4. The van der Waals surface area contributed by atoms with Crippen LogP contribution in [-0.2, 0) is 22.4 Å². The number of rotatable bonds is 12. The highest BCUT2D eigenvalue weighted by Crippen LogP contribution is 2.38. The molecule has 1 aromatic rings.